The van der Waals surface area contributed by atoms with E-state index in [1.165, 1.54) is 12.4 Å². The van der Waals surface area contributed by atoms with Gasteiger partial charge in [0.05, 0.1) is 5.69 Å². The zero-order valence-electron chi connectivity index (χ0n) is 13.3. The molecule has 8 heteroatoms. The number of aromatic nitrogens is 2. The third-order valence-electron chi connectivity index (χ3n) is 3.50. The Morgan fingerprint density at radius 2 is 1.88 bits per heavy atom. The molecule has 0 saturated carbocycles. The lowest BCUT2D eigenvalue weighted by Crippen LogP contribution is -2.15. The van der Waals surface area contributed by atoms with Gasteiger partial charge >= 0.3 is 0 Å². The van der Waals surface area contributed by atoms with Gasteiger partial charge in [0.15, 0.2) is 0 Å². The summed E-state index contributed by atoms with van der Waals surface area (Å²) in [6, 6.07) is 11.6. The van der Waals surface area contributed by atoms with Gasteiger partial charge in [-0.1, -0.05) is 29.8 Å². The number of benzene rings is 2. The number of hydrogen-bond donors (Lipinski definition) is 2. The maximum Gasteiger partial charge on any atom is 0.274 e. The minimum absolute atomic E-state index is 0.0328. The molecule has 0 saturated heterocycles. The van der Waals surface area contributed by atoms with Crippen LogP contribution in [0.3, 0.4) is 0 Å². The fourth-order valence-corrected chi connectivity index (χ4v) is 2.39. The second-order valence-electron chi connectivity index (χ2n) is 5.31. The summed E-state index contributed by atoms with van der Waals surface area (Å²) in [5.41, 5.74) is 0.762. The van der Waals surface area contributed by atoms with Crippen LogP contribution in [0.1, 0.15) is 16.1 Å². The van der Waals surface area contributed by atoms with Crippen LogP contribution in [0.5, 0.6) is 0 Å². The van der Waals surface area contributed by atoms with Crippen LogP contribution >= 0.6 is 11.6 Å². The first-order valence-electron chi connectivity index (χ1n) is 7.58. The van der Waals surface area contributed by atoms with Gasteiger partial charge in [-0.2, -0.15) is 0 Å². The van der Waals surface area contributed by atoms with Crippen molar-refractivity contribution in [3.63, 3.8) is 0 Å². The molecule has 1 amide bonds. The fraction of sp³-hybridized carbons (Fsp3) is 0.0556. The first kappa shape index (κ1) is 17.8. The van der Waals surface area contributed by atoms with Gasteiger partial charge in [-0.3, -0.25) is 4.79 Å². The molecule has 0 fully saturated rings. The third kappa shape index (κ3) is 4.31. The van der Waals surface area contributed by atoms with Crippen molar-refractivity contribution in [3.8, 4) is 0 Å². The highest BCUT2D eigenvalue weighted by atomic mass is 35.5. The Labute approximate surface area is 153 Å². The number of carbonyl (C=O) groups is 1. The summed E-state index contributed by atoms with van der Waals surface area (Å²) in [5.74, 6) is -1.83. The molecular weight excluding hydrogens is 362 g/mol. The molecule has 1 heterocycles. The van der Waals surface area contributed by atoms with E-state index in [1.54, 1.807) is 6.07 Å². The molecular formula is C18H13ClF2N4O. The second kappa shape index (κ2) is 7.88. The minimum Gasteiger partial charge on any atom is -0.366 e. The van der Waals surface area contributed by atoms with E-state index >= 15 is 0 Å². The number of anilines is 2. The van der Waals surface area contributed by atoms with Crippen LogP contribution < -0.4 is 10.6 Å². The molecule has 2 N–H and O–H groups in total. The molecule has 1 aromatic heterocycles. The summed E-state index contributed by atoms with van der Waals surface area (Å²) in [7, 11) is 0. The smallest absolute Gasteiger partial charge is 0.274 e. The van der Waals surface area contributed by atoms with Gasteiger partial charge in [-0.05, 0) is 23.8 Å². The lowest BCUT2D eigenvalue weighted by atomic mass is 10.2. The number of nitrogens with zero attached hydrogens (tertiary/aromatic N) is 2. The molecule has 0 aliphatic heterocycles. The van der Waals surface area contributed by atoms with Crippen molar-refractivity contribution < 1.29 is 13.6 Å². The van der Waals surface area contributed by atoms with Crippen LogP contribution in [0.2, 0.25) is 5.02 Å². The summed E-state index contributed by atoms with van der Waals surface area (Å²) >= 11 is 6.09. The first-order chi connectivity index (χ1) is 12.5. The summed E-state index contributed by atoms with van der Waals surface area (Å²) in [4.78, 5) is 20.1. The van der Waals surface area contributed by atoms with Crippen molar-refractivity contribution in [3.05, 3.63) is 82.8 Å². The summed E-state index contributed by atoms with van der Waals surface area (Å²) < 4.78 is 26.6. The molecule has 2 aromatic carbocycles. The number of hydrogen-bond acceptors (Lipinski definition) is 4. The van der Waals surface area contributed by atoms with E-state index in [0.717, 1.165) is 17.7 Å². The highest BCUT2D eigenvalue weighted by Gasteiger charge is 2.12. The molecule has 0 bridgehead atoms. The van der Waals surface area contributed by atoms with Crippen molar-refractivity contribution in [2.45, 2.75) is 6.54 Å². The molecule has 0 unspecified atom stereocenters. The van der Waals surface area contributed by atoms with Crippen molar-refractivity contribution in [1.29, 1.82) is 0 Å². The van der Waals surface area contributed by atoms with Crippen molar-refractivity contribution in [1.82, 2.24) is 9.97 Å². The maximum atomic E-state index is 13.6. The van der Waals surface area contributed by atoms with Crippen LogP contribution in [0, 0.1) is 11.6 Å². The van der Waals surface area contributed by atoms with E-state index in [1.807, 2.05) is 18.2 Å². The molecule has 0 spiro atoms. The molecule has 132 valence electrons. The SMILES string of the molecule is O=C(Nc1ccc(F)cc1F)c1cc(NCc2ccccc2Cl)ncn1. The van der Waals surface area contributed by atoms with Crippen LogP contribution in [0.25, 0.3) is 0 Å². The summed E-state index contributed by atoms with van der Waals surface area (Å²) in [5, 5.41) is 5.99. The highest BCUT2D eigenvalue weighted by Crippen LogP contribution is 2.18. The fourth-order valence-electron chi connectivity index (χ4n) is 2.18. The molecule has 0 radical (unpaired) electrons. The number of nitrogens with one attached hydrogen (secondary N) is 2. The van der Waals surface area contributed by atoms with Gasteiger partial charge in [0.25, 0.3) is 5.91 Å². The highest BCUT2D eigenvalue weighted by molar-refractivity contribution is 6.31. The van der Waals surface area contributed by atoms with Crippen LogP contribution in [0.4, 0.5) is 20.3 Å². The van der Waals surface area contributed by atoms with Gasteiger partial charge in [-0.25, -0.2) is 18.7 Å². The van der Waals surface area contributed by atoms with E-state index in [2.05, 4.69) is 20.6 Å². The summed E-state index contributed by atoms with van der Waals surface area (Å²) in [6.45, 7) is 0.407. The summed E-state index contributed by atoms with van der Waals surface area (Å²) in [6.07, 6.45) is 1.21. The predicted octanol–water partition coefficient (Wildman–Crippen LogP) is 4.27. The van der Waals surface area contributed by atoms with E-state index < -0.39 is 17.5 Å². The van der Waals surface area contributed by atoms with Gasteiger partial charge in [-0.15, -0.1) is 0 Å². The Morgan fingerprint density at radius 1 is 1.08 bits per heavy atom. The van der Waals surface area contributed by atoms with E-state index in [9.17, 15) is 13.6 Å². The largest absolute Gasteiger partial charge is 0.366 e. The number of carbonyl (C=O) groups excluding carboxylic acids is 1. The molecule has 0 aliphatic carbocycles. The quantitative estimate of drug-likeness (QED) is 0.699. The third-order valence-corrected chi connectivity index (χ3v) is 3.87. The number of rotatable bonds is 5. The van der Waals surface area contributed by atoms with Crippen molar-refractivity contribution in [2.24, 2.45) is 0 Å². The predicted molar refractivity (Wildman–Crippen MR) is 95.1 cm³/mol. The van der Waals surface area contributed by atoms with Crippen LogP contribution in [0.15, 0.2) is 54.9 Å². The molecule has 3 rings (SSSR count). The lowest BCUT2D eigenvalue weighted by molar-refractivity contribution is 0.102. The standard InChI is InChI=1S/C18H13ClF2N4O/c19-13-4-2-1-3-11(13)9-22-17-8-16(23-10-24-17)18(26)25-15-6-5-12(20)7-14(15)21/h1-8,10H,9H2,(H,25,26)(H,22,23,24). The average molecular weight is 375 g/mol. The Bertz CT molecular complexity index is 952. The van der Waals surface area contributed by atoms with Gasteiger partial charge < -0.3 is 10.6 Å². The average Bonchev–Trinajstić information content (AvgIpc) is 2.63. The van der Waals surface area contributed by atoms with E-state index in [0.29, 0.717) is 23.5 Å². The van der Waals surface area contributed by atoms with Crippen molar-refractivity contribution in [2.75, 3.05) is 10.6 Å². The Morgan fingerprint density at radius 3 is 2.65 bits per heavy atom. The number of amides is 1. The van der Waals surface area contributed by atoms with Crippen molar-refractivity contribution >= 4 is 29.0 Å². The molecule has 0 aliphatic rings. The Kier molecular flexibility index (Phi) is 5.38. The maximum absolute atomic E-state index is 13.6. The van der Waals surface area contributed by atoms with Crippen LogP contribution in [-0.2, 0) is 6.54 Å². The van der Waals surface area contributed by atoms with Gasteiger partial charge in [0.1, 0.15) is 29.5 Å². The Hall–Kier alpha value is -3.06. The van der Waals surface area contributed by atoms with Gasteiger partial charge in [0, 0.05) is 23.7 Å². The molecule has 3 aromatic rings. The zero-order valence-corrected chi connectivity index (χ0v) is 14.1. The number of halogens is 3. The zero-order chi connectivity index (χ0) is 18.5. The topological polar surface area (TPSA) is 66.9 Å². The van der Waals surface area contributed by atoms with E-state index in [-0.39, 0.29) is 11.4 Å². The minimum atomic E-state index is -0.871. The molecule has 0 atom stereocenters. The Balaban J connectivity index is 1.70. The van der Waals surface area contributed by atoms with Crippen LogP contribution in [-0.4, -0.2) is 15.9 Å². The van der Waals surface area contributed by atoms with E-state index in [4.69, 9.17) is 11.6 Å². The first-order valence-corrected chi connectivity index (χ1v) is 7.96. The monoisotopic (exact) mass is 374 g/mol. The molecule has 26 heavy (non-hydrogen) atoms. The van der Waals surface area contributed by atoms with Gasteiger partial charge in [0.2, 0.25) is 0 Å². The molecule has 5 nitrogen and oxygen atoms in total. The second-order valence-corrected chi connectivity index (χ2v) is 5.72. The lowest BCUT2D eigenvalue weighted by Gasteiger charge is -2.09. The normalized spacial score (nSPS) is 10.4.